The lowest BCUT2D eigenvalue weighted by Gasteiger charge is -2.30. The van der Waals surface area contributed by atoms with Crippen LogP contribution in [0.25, 0.3) is 0 Å². The number of allylic oxidation sites excluding steroid dienone is 2. The number of halogens is 2. The second-order valence-corrected chi connectivity index (χ2v) is 9.26. The first kappa shape index (κ1) is 28.1. The van der Waals surface area contributed by atoms with Gasteiger partial charge in [-0.3, -0.25) is 5.32 Å². The molecule has 1 atom stereocenters. The number of carboxylic acids is 2. The molecule has 12 heteroatoms. The second kappa shape index (κ2) is 11.1. The van der Waals surface area contributed by atoms with Crippen molar-refractivity contribution in [2.75, 3.05) is 5.32 Å². The first-order chi connectivity index (χ1) is 16.7. The van der Waals surface area contributed by atoms with Crippen LogP contribution < -0.4 is 20.7 Å². The molecule has 0 radical (unpaired) electrons. The number of nitriles is 1. The average molecular weight is 506 g/mol. The molecule has 2 rings (SSSR count). The summed E-state index contributed by atoms with van der Waals surface area (Å²) in [6, 6.07) is 3.61. The number of aliphatic imine (C=N–C) groups is 1. The van der Waals surface area contributed by atoms with Gasteiger partial charge in [-0.15, -0.1) is 0 Å². The summed E-state index contributed by atoms with van der Waals surface area (Å²) in [5, 5.41) is 36.9. The predicted molar refractivity (Wildman–Crippen MR) is 128 cm³/mol. The molecule has 0 saturated carbocycles. The number of carbonyl (C=O) groups is 2. The molecule has 10 nitrogen and oxygen atoms in total. The van der Waals surface area contributed by atoms with Crippen molar-refractivity contribution in [1.82, 2.24) is 10.6 Å². The lowest BCUT2D eigenvalue weighted by atomic mass is 9.80. The van der Waals surface area contributed by atoms with Gasteiger partial charge >= 0.3 is 18.6 Å². The topological polar surface area (TPSA) is 156 Å². The summed E-state index contributed by atoms with van der Waals surface area (Å²) in [6.07, 6.45) is 1.77. The van der Waals surface area contributed by atoms with Crippen molar-refractivity contribution in [3.05, 3.63) is 46.3 Å². The lowest BCUT2D eigenvalue weighted by molar-refractivity contribution is -0.133. The van der Waals surface area contributed by atoms with Crippen LogP contribution in [0, 0.1) is 16.9 Å². The highest BCUT2D eigenvalue weighted by Crippen LogP contribution is 2.43. The van der Waals surface area contributed by atoms with E-state index in [2.05, 4.69) is 25.7 Å². The van der Waals surface area contributed by atoms with E-state index in [0.717, 1.165) is 0 Å². The Balaban J connectivity index is 2.73. The number of dihydropyridines is 1. The van der Waals surface area contributed by atoms with Crippen molar-refractivity contribution < 1.29 is 33.3 Å². The molecule has 1 aromatic carbocycles. The van der Waals surface area contributed by atoms with E-state index < -0.39 is 30.2 Å². The zero-order valence-electron chi connectivity index (χ0n) is 20.7. The highest BCUT2D eigenvalue weighted by Gasteiger charge is 2.38. The standard InChI is InChI=1S/C24H29F2N5O5/c1-11-17(20(32)33)19(18(21(34)35)12(2)29-11)15-9-14(7-8-16(15)36-22(25)26)31-23(28-10-27)30-13(3)24(4,5)6/h7-9,13,19,22,29H,1-6H3,(H,32,33)(H,34,35)(H2,28,30,31). The number of benzene rings is 1. The summed E-state index contributed by atoms with van der Waals surface area (Å²) in [5.74, 6) is -4.62. The van der Waals surface area contributed by atoms with Gasteiger partial charge in [-0.1, -0.05) is 20.8 Å². The third-order valence-electron chi connectivity index (χ3n) is 5.77. The highest BCUT2D eigenvalue weighted by molar-refractivity contribution is 5.99. The first-order valence-corrected chi connectivity index (χ1v) is 10.9. The van der Waals surface area contributed by atoms with Gasteiger partial charge in [-0.2, -0.15) is 14.0 Å². The Morgan fingerprint density at radius 3 is 2.17 bits per heavy atom. The van der Waals surface area contributed by atoms with Gasteiger partial charge in [-0.25, -0.2) is 14.6 Å². The maximum Gasteiger partial charge on any atom is 0.387 e. The normalized spacial score (nSPS) is 15.8. The van der Waals surface area contributed by atoms with Crippen molar-refractivity contribution in [3.63, 3.8) is 0 Å². The number of alkyl halides is 2. The number of carboxylic acid groups (broad SMARTS) is 2. The quantitative estimate of drug-likeness (QED) is 0.160. The molecule has 36 heavy (non-hydrogen) atoms. The Hall–Kier alpha value is -4.14. The minimum Gasteiger partial charge on any atom is -0.478 e. The molecule has 0 amide bonds. The van der Waals surface area contributed by atoms with E-state index in [-0.39, 0.29) is 51.2 Å². The largest absolute Gasteiger partial charge is 0.478 e. The number of rotatable bonds is 7. The van der Waals surface area contributed by atoms with Crippen LogP contribution >= 0.6 is 0 Å². The number of nitrogens with one attached hydrogen (secondary N) is 3. The summed E-state index contributed by atoms with van der Waals surface area (Å²) in [4.78, 5) is 28.7. The minimum absolute atomic E-state index is 0.0640. The van der Waals surface area contributed by atoms with Crippen LogP contribution in [-0.4, -0.2) is 40.8 Å². The maximum absolute atomic E-state index is 13.2. The third-order valence-corrected chi connectivity index (χ3v) is 5.77. The van der Waals surface area contributed by atoms with Crippen LogP contribution in [0.4, 0.5) is 14.5 Å². The van der Waals surface area contributed by atoms with Crippen LogP contribution in [0.1, 0.15) is 53.0 Å². The zero-order valence-corrected chi connectivity index (χ0v) is 20.7. The van der Waals surface area contributed by atoms with Crippen LogP contribution in [0.5, 0.6) is 5.75 Å². The molecule has 1 unspecified atom stereocenters. The fourth-order valence-corrected chi connectivity index (χ4v) is 3.60. The monoisotopic (exact) mass is 505 g/mol. The van der Waals surface area contributed by atoms with E-state index in [0.29, 0.717) is 0 Å². The molecule has 1 heterocycles. The van der Waals surface area contributed by atoms with Gasteiger partial charge < -0.3 is 25.6 Å². The lowest BCUT2D eigenvalue weighted by Crippen LogP contribution is -2.32. The fraction of sp³-hybridized carbons (Fsp3) is 0.417. The number of anilines is 1. The number of hydrogen-bond acceptors (Lipinski definition) is 6. The van der Waals surface area contributed by atoms with Gasteiger partial charge in [0.2, 0.25) is 5.96 Å². The van der Waals surface area contributed by atoms with E-state index in [1.807, 2.05) is 27.7 Å². The molecule has 1 aliphatic heterocycles. The summed E-state index contributed by atoms with van der Waals surface area (Å²) in [5.41, 5.74) is -0.476. The van der Waals surface area contributed by atoms with E-state index in [1.54, 1.807) is 6.19 Å². The Morgan fingerprint density at radius 2 is 1.72 bits per heavy atom. The highest BCUT2D eigenvalue weighted by atomic mass is 19.3. The number of aliphatic carboxylic acids is 2. The summed E-state index contributed by atoms with van der Waals surface area (Å²) in [7, 11) is 0. The number of nitrogens with zero attached hydrogens (tertiary/aromatic N) is 2. The van der Waals surface area contributed by atoms with Crippen LogP contribution in [0.15, 0.2) is 45.7 Å². The number of ether oxygens (including phenoxy) is 1. The molecule has 5 N–H and O–H groups in total. The molecule has 194 valence electrons. The molecule has 0 aromatic heterocycles. The summed E-state index contributed by atoms with van der Waals surface area (Å²) >= 11 is 0. The van der Waals surface area contributed by atoms with Crippen molar-refractivity contribution in [2.24, 2.45) is 10.4 Å². The van der Waals surface area contributed by atoms with E-state index in [9.17, 15) is 28.6 Å². The van der Waals surface area contributed by atoms with Gasteiger partial charge in [0.25, 0.3) is 0 Å². The molecule has 1 aliphatic rings. The van der Waals surface area contributed by atoms with E-state index in [1.165, 1.54) is 32.0 Å². The third kappa shape index (κ3) is 6.50. The van der Waals surface area contributed by atoms with Gasteiger partial charge in [-0.05, 0) is 44.4 Å². The number of hydrogen-bond donors (Lipinski definition) is 5. The predicted octanol–water partition coefficient (Wildman–Crippen LogP) is 3.97. The Morgan fingerprint density at radius 1 is 1.17 bits per heavy atom. The molecule has 0 aliphatic carbocycles. The Bertz CT molecular complexity index is 1140. The SMILES string of the molecule is CC1=C(C(=O)O)C(c2cc(NC(=NC(C)C(C)(C)C)NC#N)ccc2OC(F)F)C(C(=O)O)=C(C)N1. The molecule has 0 spiro atoms. The smallest absolute Gasteiger partial charge is 0.387 e. The summed E-state index contributed by atoms with van der Waals surface area (Å²) < 4.78 is 31.1. The van der Waals surface area contributed by atoms with E-state index in [4.69, 9.17) is 5.26 Å². The molecule has 0 fully saturated rings. The summed E-state index contributed by atoms with van der Waals surface area (Å²) in [6.45, 7) is 7.38. The van der Waals surface area contributed by atoms with Crippen molar-refractivity contribution in [3.8, 4) is 11.9 Å². The zero-order chi connectivity index (χ0) is 27.4. The Kier molecular flexibility index (Phi) is 8.64. The van der Waals surface area contributed by atoms with Gasteiger partial charge in [0.1, 0.15) is 5.75 Å². The van der Waals surface area contributed by atoms with E-state index >= 15 is 0 Å². The van der Waals surface area contributed by atoms with Crippen LogP contribution in [-0.2, 0) is 9.59 Å². The van der Waals surface area contributed by atoms with Crippen molar-refractivity contribution in [1.29, 1.82) is 5.26 Å². The van der Waals surface area contributed by atoms with Crippen LogP contribution in [0.2, 0.25) is 0 Å². The van der Waals surface area contributed by atoms with Crippen LogP contribution in [0.3, 0.4) is 0 Å². The van der Waals surface area contributed by atoms with Gasteiger partial charge in [0.15, 0.2) is 6.19 Å². The number of guanidine groups is 1. The average Bonchev–Trinajstić information content (AvgIpc) is 2.72. The molecule has 0 saturated heterocycles. The van der Waals surface area contributed by atoms with Crippen molar-refractivity contribution >= 4 is 23.6 Å². The molecule has 0 bridgehead atoms. The van der Waals surface area contributed by atoms with Crippen molar-refractivity contribution in [2.45, 2.75) is 60.1 Å². The first-order valence-electron chi connectivity index (χ1n) is 10.9. The maximum atomic E-state index is 13.2. The minimum atomic E-state index is -3.24. The van der Waals surface area contributed by atoms with Gasteiger partial charge in [0, 0.05) is 22.6 Å². The van der Waals surface area contributed by atoms with Gasteiger partial charge in [0.05, 0.1) is 23.1 Å². The Labute approximate surface area is 207 Å². The molecular weight excluding hydrogens is 476 g/mol. The fourth-order valence-electron chi connectivity index (χ4n) is 3.60. The molecule has 1 aromatic rings. The molecular formula is C24H29F2N5O5. The second-order valence-electron chi connectivity index (χ2n) is 9.26.